The molecular formula is C19H30N4O3. The van der Waals surface area contributed by atoms with E-state index in [2.05, 4.69) is 29.2 Å². The van der Waals surface area contributed by atoms with Gasteiger partial charge in [-0.05, 0) is 44.7 Å². The molecule has 2 rings (SSSR count). The molecule has 2 N–H and O–H groups in total. The summed E-state index contributed by atoms with van der Waals surface area (Å²) in [6, 6.07) is 7.20. The first-order valence-electron chi connectivity index (χ1n) is 9.26. The van der Waals surface area contributed by atoms with E-state index in [4.69, 9.17) is 4.74 Å². The number of fused-ring (bicyclic) bond motifs is 1. The second kappa shape index (κ2) is 10.3. The molecule has 0 spiro atoms. The Bertz CT molecular complexity index is 743. The third-order valence-corrected chi connectivity index (χ3v) is 4.44. The molecule has 144 valence electrons. The standard InChI is InChI=1S/C19H30N4O3/c1-4-23(5-2)12-8-11-20-13-15(24)14-26-18-16-9-6-7-10-17(16)19(25)22(3)21-18/h6-7,9-10,15,20,24H,4-5,8,11-14H2,1-3H3. The maximum absolute atomic E-state index is 12.1. The number of nitrogens with one attached hydrogen (secondary N) is 1. The van der Waals surface area contributed by atoms with Gasteiger partial charge >= 0.3 is 0 Å². The van der Waals surface area contributed by atoms with Crippen molar-refractivity contribution in [2.24, 2.45) is 7.05 Å². The fourth-order valence-electron chi connectivity index (χ4n) is 2.84. The van der Waals surface area contributed by atoms with Crippen LogP contribution < -0.4 is 15.6 Å². The summed E-state index contributed by atoms with van der Waals surface area (Å²) >= 11 is 0. The van der Waals surface area contributed by atoms with E-state index in [1.54, 1.807) is 19.2 Å². The molecule has 7 heteroatoms. The fraction of sp³-hybridized carbons (Fsp3) is 0.579. The molecule has 1 aromatic heterocycles. The van der Waals surface area contributed by atoms with Gasteiger partial charge in [0.1, 0.15) is 12.7 Å². The van der Waals surface area contributed by atoms with E-state index in [0.717, 1.165) is 32.6 Å². The number of aryl methyl sites for hydroxylation is 1. The smallest absolute Gasteiger partial charge is 0.274 e. The number of aliphatic hydroxyl groups is 1. The molecule has 0 saturated carbocycles. The van der Waals surface area contributed by atoms with Crippen LogP contribution in [0.15, 0.2) is 29.1 Å². The maximum atomic E-state index is 12.1. The van der Waals surface area contributed by atoms with Gasteiger partial charge in [0.2, 0.25) is 5.88 Å². The van der Waals surface area contributed by atoms with Gasteiger partial charge in [-0.3, -0.25) is 4.79 Å². The summed E-state index contributed by atoms with van der Waals surface area (Å²) in [5, 5.41) is 18.8. The van der Waals surface area contributed by atoms with E-state index >= 15 is 0 Å². The lowest BCUT2D eigenvalue weighted by Gasteiger charge is -2.18. The first-order valence-corrected chi connectivity index (χ1v) is 9.26. The zero-order valence-electron chi connectivity index (χ0n) is 15.9. The van der Waals surface area contributed by atoms with Crippen molar-refractivity contribution in [1.82, 2.24) is 20.0 Å². The average molecular weight is 362 g/mol. The number of nitrogens with zero attached hydrogens (tertiary/aromatic N) is 3. The molecule has 2 aromatic rings. The van der Waals surface area contributed by atoms with E-state index in [1.807, 2.05) is 12.1 Å². The highest BCUT2D eigenvalue weighted by Gasteiger charge is 2.11. The first kappa shape index (κ1) is 20.4. The molecule has 0 saturated heterocycles. The van der Waals surface area contributed by atoms with Gasteiger partial charge in [-0.25, -0.2) is 4.68 Å². The van der Waals surface area contributed by atoms with Crippen LogP contribution in [0.2, 0.25) is 0 Å². The Morgan fingerprint density at radius 1 is 1.27 bits per heavy atom. The van der Waals surface area contributed by atoms with Gasteiger partial charge in [-0.15, -0.1) is 5.10 Å². The van der Waals surface area contributed by atoms with Crippen LogP contribution in [0.5, 0.6) is 5.88 Å². The number of hydrogen-bond acceptors (Lipinski definition) is 6. The number of benzene rings is 1. The Labute approximate surface area is 154 Å². The SMILES string of the molecule is CCN(CC)CCCNCC(O)COc1nn(C)c(=O)c2ccccc12. The Morgan fingerprint density at radius 2 is 1.96 bits per heavy atom. The molecule has 0 radical (unpaired) electrons. The Kier molecular flexibility index (Phi) is 8.03. The predicted molar refractivity (Wildman–Crippen MR) is 104 cm³/mol. The summed E-state index contributed by atoms with van der Waals surface area (Å²) < 4.78 is 6.94. The third-order valence-electron chi connectivity index (χ3n) is 4.44. The highest BCUT2D eigenvalue weighted by molar-refractivity contribution is 5.85. The highest BCUT2D eigenvalue weighted by atomic mass is 16.5. The van der Waals surface area contributed by atoms with Gasteiger partial charge in [-0.2, -0.15) is 0 Å². The Hall–Kier alpha value is -1.96. The summed E-state index contributed by atoms with van der Waals surface area (Å²) in [5.74, 6) is 0.364. The average Bonchev–Trinajstić information content (AvgIpc) is 2.66. The molecule has 0 amide bonds. The Balaban J connectivity index is 1.81. The molecule has 26 heavy (non-hydrogen) atoms. The number of aliphatic hydroxyl groups excluding tert-OH is 1. The molecular weight excluding hydrogens is 332 g/mol. The normalized spacial score (nSPS) is 12.7. The summed E-state index contributed by atoms with van der Waals surface area (Å²) in [7, 11) is 1.59. The topological polar surface area (TPSA) is 79.6 Å². The highest BCUT2D eigenvalue weighted by Crippen LogP contribution is 2.19. The van der Waals surface area contributed by atoms with E-state index in [-0.39, 0.29) is 12.2 Å². The molecule has 0 bridgehead atoms. The van der Waals surface area contributed by atoms with E-state index in [0.29, 0.717) is 23.2 Å². The fourth-order valence-corrected chi connectivity index (χ4v) is 2.84. The summed E-state index contributed by atoms with van der Waals surface area (Å²) in [6.07, 6.45) is 0.406. The number of hydrogen-bond donors (Lipinski definition) is 2. The van der Waals surface area contributed by atoms with Gasteiger partial charge in [0, 0.05) is 13.6 Å². The number of ether oxygens (including phenoxy) is 1. The second-order valence-corrected chi connectivity index (χ2v) is 6.33. The molecule has 1 aromatic carbocycles. The molecule has 0 aliphatic carbocycles. The second-order valence-electron chi connectivity index (χ2n) is 6.33. The van der Waals surface area contributed by atoms with Crippen LogP contribution in [0.3, 0.4) is 0 Å². The van der Waals surface area contributed by atoms with Crippen LogP contribution in [0.25, 0.3) is 10.8 Å². The maximum Gasteiger partial charge on any atom is 0.274 e. The van der Waals surface area contributed by atoms with Crippen molar-refractivity contribution < 1.29 is 9.84 Å². The summed E-state index contributed by atoms with van der Waals surface area (Å²) in [4.78, 5) is 14.5. The zero-order valence-corrected chi connectivity index (χ0v) is 15.9. The molecule has 7 nitrogen and oxygen atoms in total. The largest absolute Gasteiger partial charge is 0.473 e. The van der Waals surface area contributed by atoms with Gasteiger partial charge in [0.25, 0.3) is 5.56 Å². The van der Waals surface area contributed by atoms with Crippen LogP contribution in [0.4, 0.5) is 0 Å². The zero-order chi connectivity index (χ0) is 18.9. The van der Waals surface area contributed by atoms with E-state index < -0.39 is 6.10 Å². The monoisotopic (exact) mass is 362 g/mol. The van der Waals surface area contributed by atoms with Crippen molar-refractivity contribution in [2.45, 2.75) is 26.4 Å². The van der Waals surface area contributed by atoms with Crippen molar-refractivity contribution >= 4 is 10.8 Å². The molecule has 1 unspecified atom stereocenters. The van der Waals surface area contributed by atoms with Crippen LogP contribution >= 0.6 is 0 Å². The van der Waals surface area contributed by atoms with Crippen molar-refractivity contribution in [3.8, 4) is 5.88 Å². The lowest BCUT2D eigenvalue weighted by atomic mass is 10.2. The summed E-state index contributed by atoms with van der Waals surface area (Å²) in [6.45, 7) is 8.95. The lowest BCUT2D eigenvalue weighted by molar-refractivity contribution is 0.103. The minimum Gasteiger partial charge on any atom is -0.473 e. The number of rotatable bonds is 11. The molecule has 1 heterocycles. The molecule has 0 fully saturated rings. The van der Waals surface area contributed by atoms with Gasteiger partial charge in [0.05, 0.1) is 10.8 Å². The van der Waals surface area contributed by atoms with Gasteiger partial charge < -0.3 is 20.1 Å². The first-order chi connectivity index (χ1) is 12.6. The van der Waals surface area contributed by atoms with Crippen LogP contribution in [0.1, 0.15) is 20.3 Å². The minimum absolute atomic E-state index is 0.123. The summed E-state index contributed by atoms with van der Waals surface area (Å²) in [5.41, 5.74) is -0.164. The third kappa shape index (κ3) is 5.52. The predicted octanol–water partition coefficient (Wildman–Crippen LogP) is 0.995. The van der Waals surface area contributed by atoms with Crippen molar-refractivity contribution in [3.63, 3.8) is 0 Å². The van der Waals surface area contributed by atoms with Crippen molar-refractivity contribution in [2.75, 3.05) is 39.3 Å². The quantitative estimate of drug-likeness (QED) is 0.581. The van der Waals surface area contributed by atoms with Crippen molar-refractivity contribution in [1.29, 1.82) is 0 Å². The Morgan fingerprint density at radius 3 is 2.65 bits per heavy atom. The van der Waals surface area contributed by atoms with Crippen LogP contribution in [-0.2, 0) is 7.05 Å². The molecule has 1 atom stereocenters. The molecule has 0 aliphatic rings. The van der Waals surface area contributed by atoms with Crippen molar-refractivity contribution in [3.05, 3.63) is 34.6 Å². The van der Waals surface area contributed by atoms with Crippen LogP contribution in [-0.4, -0.2) is 65.2 Å². The van der Waals surface area contributed by atoms with Gasteiger partial charge in [0.15, 0.2) is 0 Å². The van der Waals surface area contributed by atoms with E-state index in [9.17, 15) is 9.90 Å². The lowest BCUT2D eigenvalue weighted by Crippen LogP contribution is -2.34. The minimum atomic E-state index is -0.638. The van der Waals surface area contributed by atoms with Gasteiger partial charge in [-0.1, -0.05) is 26.0 Å². The number of aromatic nitrogens is 2. The molecule has 0 aliphatic heterocycles. The van der Waals surface area contributed by atoms with E-state index in [1.165, 1.54) is 4.68 Å². The van der Waals surface area contributed by atoms with Crippen LogP contribution in [0, 0.1) is 0 Å².